The molecule has 8 heteroatoms. The number of carbonyl (C=O) groups excluding carboxylic acids is 2. The number of thioether (sulfide) groups is 1. The molecule has 150 valence electrons. The van der Waals surface area contributed by atoms with Crippen molar-refractivity contribution < 1.29 is 29.0 Å². The van der Waals surface area contributed by atoms with E-state index in [1.54, 1.807) is 30.3 Å². The van der Waals surface area contributed by atoms with Crippen LogP contribution in [0.3, 0.4) is 0 Å². The van der Waals surface area contributed by atoms with Gasteiger partial charge in [-0.3, -0.25) is 14.5 Å². The highest BCUT2D eigenvalue weighted by Crippen LogP contribution is 2.32. The number of carbonyl (C=O) groups is 3. The second-order valence-electron chi connectivity index (χ2n) is 6.25. The molecule has 0 aliphatic carbocycles. The number of ether oxygens (including phenoxy) is 2. The highest BCUT2D eigenvalue weighted by atomic mass is 32.2. The predicted molar refractivity (Wildman–Crippen MR) is 109 cm³/mol. The number of benzene rings is 2. The summed E-state index contributed by atoms with van der Waals surface area (Å²) in [6, 6.07) is 14.2. The van der Waals surface area contributed by atoms with E-state index in [1.165, 1.54) is 0 Å². The quantitative estimate of drug-likeness (QED) is 0.661. The Kier molecular flexibility index (Phi) is 6.56. The summed E-state index contributed by atoms with van der Waals surface area (Å²) in [5.74, 6) is -0.420. The van der Waals surface area contributed by atoms with Gasteiger partial charge in [0.25, 0.3) is 11.1 Å². The molecule has 0 unspecified atom stereocenters. The molecule has 0 aromatic heterocycles. The van der Waals surface area contributed by atoms with Crippen LogP contribution in [0.15, 0.2) is 53.4 Å². The molecule has 0 spiro atoms. The number of aliphatic carboxylic acids is 1. The molecule has 2 aromatic carbocycles. The van der Waals surface area contributed by atoms with Crippen LogP contribution < -0.4 is 9.47 Å². The van der Waals surface area contributed by atoms with Crippen LogP contribution in [0.5, 0.6) is 11.5 Å². The van der Waals surface area contributed by atoms with Crippen LogP contribution in [0.1, 0.15) is 11.1 Å². The van der Waals surface area contributed by atoms with E-state index in [1.807, 2.05) is 31.2 Å². The summed E-state index contributed by atoms with van der Waals surface area (Å²) in [5, 5.41) is 8.33. The molecule has 0 bridgehead atoms. The number of nitrogens with zero attached hydrogens (tertiary/aromatic N) is 1. The number of imide groups is 1. The van der Waals surface area contributed by atoms with Crippen LogP contribution >= 0.6 is 11.8 Å². The lowest BCUT2D eigenvalue weighted by Crippen LogP contribution is -2.32. The molecule has 3 rings (SSSR count). The maximum atomic E-state index is 12.6. The third kappa shape index (κ3) is 5.61. The van der Waals surface area contributed by atoms with E-state index in [0.29, 0.717) is 22.0 Å². The number of hydrogen-bond acceptors (Lipinski definition) is 6. The van der Waals surface area contributed by atoms with Crippen LogP contribution in [0.2, 0.25) is 0 Å². The van der Waals surface area contributed by atoms with Crippen molar-refractivity contribution in [2.75, 3.05) is 19.8 Å². The topological polar surface area (TPSA) is 93.1 Å². The van der Waals surface area contributed by atoms with Gasteiger partial charge in [-0.2, -0.15) is 0 Å². The maximum Gasteiger partial charge on any atom is 0.341 e. The lowest BCUT2D eigenvalue weighted by molar-refractivity contribution is -0.139. The molecule has 1 saturated heterocycles. The molecule has 1 aliphatic heterocycles. The van der Waals surface area contributed by atoms with Crippen molar-refractivity contribution in [3.63, 3.8) is 0 Å². The Bertz CT molecular complexity index is 954. The Hall–Kier alpha value is -3.26. The van der Waals surface area contributed by atoms with E-state index in [-0.39, 0.29) is 24.3 Å². The van der Waals surface area contributed by atoms with Crippen molar-refractivity contribution in [1.82, 2.24) is 4.90 Å². The van der Waals surface area contributed by atoms with E-state index in [0.717, 1.165) is 22.2 Å². The van der Waals surface area contributed by atoms with Gasteiger partial charge >= 0.3 is 5.97 Å². The monoisotopic (exact) mass is 413 g/mol. The summed E-state index contributed by atoms with van der Waals surface area (Å²) in [6.45, 7) is 1.87. The minimum atomic E-state index is -1.08. The van der Waals surface area contributed by atoms with Crippen LogP contribution in [0.25, 0.3) is 6.08 Å². The minimum absolute atomic E-state index is 0.150. The normalized spacial score (nSPS) is 15.1. The molecule has 0 saturated carbocycles. The zero-order chi connectivity index (χ0) is 20.8. The van der Waals surface area contributed by atoms with E-state index < -0.39 is 12.6 Å². The minimum Gasteiger partial charge on any atom is -0.492 e. The molecule has 29 heavy (non-hydrogen) atoms. The van der Waals surface area contributed by atoms with Gasteiger partial charge in [-0.15, -0.1) is 0 Å². The first kappa shape index (κ1) is 20.5. The third-order valence-electron chi connectivity index (χ3n) is 4.00. The molecule has 1 heterocycles. The predicted octanol–water partition coefficient (Wildman–Crippen LogP) is 3.57. The van der Waals surface area contributed by atoms with Crippen LogP contribution in [-0.4, -0.2) is 46.9 Å². The van der Waals surface area contributed by atoms with Crippen molar-refractivity contribution in [1.29, 1.82) is 0 Å². The lowest BCUT2D eigenvalue weighted by atomic mass is 10.2. The molecular formula is C21H19NO6S. The Labute approximate surface area is 171 Å². The fraction of sp³-hybridized carbons (Fsp3) is 0.190. The fourth-order valence-corrected chi connectivity index (χ4v) is 3.44. The molecule has 1 aliphatic rings. The van der Waals surface area contributed by atoms with Crippen LogP contribution in [0, 0.1) is 6.92 Å². The summed E-state index contributed by atoms with van der Waals surface area (Å²) in [5.41, 5.74) is 1.75. The van der Waals surface area contributed by atoms with E-state index in [4.69, 9.17) is 14.6 Å². The van der Waals surface area contributed by atoms with Crippen LogP contribution in [0.4, 0.5) is 4.79 Å². The third-order valence-corrected chi connectivity index (χ3v) is 4.90. The molecule has 2 aromatic rings. The number of aryl methyl sites for hydroxylation is 1. The van der Waals surface area contributed by atoms with E-state index in [9.17, 15) is 14.4 Å². The molecule has 0 atom stereocenters. The number of hydrogen-bond donors (Lipinski definition) is 1. The first-order valence-electron chi connectivity index (χ1n) is 8.82. The van der Waals surface area contributed by atoms with Gasteiger partial charge in [-0.1, -0.05) is 29.8 Å². The SMILES string of the molecule is Cc1ccc(OCCN2C(=O)S/C(=C\c3cccc(OCC(=O)O)c3)C2=O)cc1. The molecule has 1 N–H and O–H groups in total. The Morgan fingerprint density at radius 1 is 1.10 bits per heavy atom. The number of rotatable bonds is 8. The Morgan fingerprint density at radius 3 is 2.59 bits per heavy atom. The first-order chi connectivity index (χ1) is 13.9. The van der Waals surface area contributed by atoms with Crippen LogP contribution in [-0.2, 0) is 9.59 Å². The summed E-state index contributed by atoms with van der Waals surface area (Å²) >= 11 is 0.857. The summed E-state index contributed by atoms with van der Waals surface area (Å²) in [7, 11) is 0. The molecule has 2 amide bonds. The van der Waals surface area contributed by atoms with Gasteiger partial charge in [0.05, 0.1) is 11.4 Å². The average Bonchev–Trinajstić information content (AvgIpc) is 2.95. The van der Waals surface area contributed by atoms with Gasteiger partial charge in [0.1, 0.15) is 18.1 Å². The second kappa shape index (κ2) is 9.29. The molecule has 7 nitrogen and oxygen atoms in total. The van der Waals surface area contributed by atoms with Crippen molar-refractivity contribution in [3.8, 4) is 11.5 Å². The van der Waals surface area contributed by atoms with Crippen molar-refractivity contribution in [3.05, 3.63) is 64.6 Å². The van der Waals surface area contributed by atoms with Gasteiger partial charge in [-0.25, -0.2) is 4.79 Å². The molecule has 0 radical (unpaired) electrons. The van der Waals surface area contributed by atoms with Crippen molar-refractivity contribution in [2.24, 2.45) is 0 Å². The fourth-order valence-electron chi connectivity index (χ4n) is 2.57. The van der Waals surface area contributed by atoms with Crippen molar-refractivity contribution >= 4 is 35.0 Å². The molecular weight excluding hydrogens is 394 g/mol. The van der Waals surface area contributed by atoms with Gasteiger partial charge in [0.15, 0.2) is 6.61 Å². The second-order valence-corrected chi connectivity index (χ2v) is 7.24. The number of carboxylic acid groups (broad SMARTS) is 1. The zero-order valence-electron chi connectivity index (χ0n) is 15.7. The van der Waals surface area contributed by atoms with Crippen molar-refractivity contribution in [2.45, 2.75) is 6.92 Å². The van der Waals surface area contributed by atoms with Gasteiger partial charge in [0.2, 0.25) is 0 Å². The first-order valence-corrected chi connectivity index (χ1v) is 9.63. The Morgan fingerprint density at radius 2 is 1.86 bits per heavy atom. The van der Waals surface area contributed by atoms with Gasteiger partial charge < -0.3 is 14.6 Å². The molecule has 1 fully saturated rings. The lowest BCUT2D eigenvalue weighted by Gasteiger charge is -2.13. The largest absolute Gasteiger partial charge is 0.492 e. The highest BCUT2D eigenvalue weighted by molar-refractivity contribution is 8.18. The maximum absolute atomic E-state index is 12.6. The number of amides is 2. The summed E-state index contributed by atoms with van der Waals surface area (Å²) in [6.07, 6.45) is 1.58. The van der Waals surface area contributed by atoms with Gasteiger partial charge in [0, 0.05) is 0 Å². The van der Waals surface area contributed by atoms with E-state index in [2.05, 4.69) is 0 Å². The summed E-state index contributed by atoms with van der Waals surface area (Å²) in [4.78, 5) is 36.8. The zero-order valence-corrected chi connectivity index (χ0v) is 16.5. The standard InChI is InChI=1S/C21H19NO6S/c1-14-5-7-16(8-6-14)27-10-9-22-20(25)18(29-21(22)26)12-15-3-2-4-17(11-15)28-13-19(23)24/h2-8,11-12H,9-10,13H2,1H3,(H,23,24)/b18-12-. The summed E-state index contributed by atoms with van der Waals surface area (Å²) < 4.78 is 10.7. The smallest absolute Gasteiger partial charge is 0.341 e. The Balaban J connectivity index is 1.61. The van der Waals surface area contributed by atoms with Gasteiger partial charge in [-0.05, 0) is 54.6 Å². The highest BCUT2D eigenvalue weighted by Gasteiger charge is 2.34. The average molecular weight is 413 g/mol. The number of carboxylic acids is 1. The van der Waals surface area contributed by atoms with E-state index >= 15 is 0 Å².